The van der Waals surface area contributed by atoms with Crippen LogP contribution in [0.15, 0.2) is 47.0 Å². The molecule has 1 unspecified atom stereocenters. The molecular formula is C23H25N5O5. The molecule has 0 aliphatic carbocycles. The number of carbonyl (C=O) groups is 1. The Kier molecular flexibility index (Phi) is 6.64. The van der Waals surface area contributed by atoms with Gasteiger partial charge in [0, 0.05) is 24.2 Å². The second-order valence-corrected chi connectivity index (χ2v) is 8.06. The molecule has 1 aromatic heterocycles. The predicted octanol–water partition coefficient (Wildman–Crippen LogP) is 3.81. The molecule has 33 heavy (non-hydrogen) atoms. The number of nitrogens with one attached hydrogen (secondary N) is 1. The minimum absolute atomic E-state index is 0.0507. The quantitative estimate of drug-likeness (QED) is 0.425. The molecule has 0 spiro atoms. The monoisotopic (exact) mass is 451 g/mol. The highest BCUT2D eigenvalue weighted by molar-refractivity contribution is 5.93. The van der Waals surface area contributed by atoms with Crippen LogP contribution in [0.1, 0.15) is 24.3 Å². The standard InChI is InChI=1S/C23H25N5O5/c1-15-5-8-18(28(30)31)12-20(15)24-23(29)17-4-3-11-27(13-17)14-21-25-22(26-33-21)16-6-9-19(32-2)10-7-16/h5-10,12,17H,3-4,11,13-14H2,1-2H3,(H,24,29). The van der Waals surface area contributed by atoms with Crippen molar-refractivity contribution >= 4 is 17.3 Å². The predicted molar refractivity (Wildman–Crippen MR) is 121 cm³/mol. The first kappa shape index (κ1) is 22.4. The summed E-state index contributed by atoms with van der Waals surface area (Å²) in [6.07, 6.45) is 1.60. The number of likely N-dealkylation sites (tertiary alicyclic amines) is 1. The number of rotatable bonds is 7. The number of nitro groups is 1. The Bertz CT molecular complexity index is 1140. The summed E-state index contributed by atoms with van der Waals surface area (Å²) in [4.78, 5) is 30.0. The maximum Gasteiger partial charge on any atom is 0.271 e. The number of nitro benzene ring substituents is 1. The largest absolute Gasteiger partial charge is 0.497 e. The zero-order valence-corrected chi connectivity index (χ0v) is 18.5. The van der Waals surface area contributed by atoms with Gasteiger partial charge in [-0.15, -0.1) is 0 Å². The van der Waals surface area contributed by atoms with E-state index in [1.165, 1.54) is 12.1 Å². The van der Waals surface area contributed by atoms with Crippen molar-refractivity contribution in [2.45, 2.75) is 26.3 Å². The van der Waals surface area contributed by atoms with Crippen molar-refractivity contribution in [2.24, 2.45) is 5.92 Å². The van der Waals surface area contributed by atoms with Gasteiger partial charge in [-0.1, -0.05) is 11.2 Å². The fourth-order valence-electron chi connectivity index (χ4n) is 3.87. The first-order valence-corrected chi connectivity index (χ1v) is 10.7. The summed E-state index contributed by atoms with van der Waals surface area (Å²) >= 11 is 0. The number of aryl methyl sites for hydroxylation is 1. The SMILES string of the molecule is COc1ccc(-c2noc(CN3CCCC(C(=O)Nc4cc([N+](=O)[O-])ccc4C)C3)n2)cc1. The molecule has 0 bridgehead atoms. The molecule has 10 nitrogen and oxygen atoms in total. The number of ether oxygens (including phenoxy) is 1. The molecule has 1 saturated heterocycles. The van der Waals surface area contributed by atoms with Crippen LogP contribution in [0.3, 0.4) is 0 Å². The summed E-state index contributed by atoms with van der Waals surface area (Å²) in [7, 11) is 1.61. The number of benzene rings is 2. The maximum atomic E-state index is 12.9. The number of hydrogen-bond donors (Lipinski definition) is 1. The van der Waals surface area contributed by atoms with Gasteiger partial charge in [-0.25, -0.2) is 0 Å². The van der Waals surface area contributed by atoms with Crippen LogP contribution in [-0.4, -0.2) is 46.1 Å². The Balaban J connectivity index is 1.38. The third-order valence-corrected chi connectivity index (χ3v) is 5.74. The van der Waals surface area contributed by atoms with E-state index in [0.29, 0.717) is 30.5 Å². The van der Waals surface area contributed by atoms with Gasteiger partial charge in [0.25, 0.3) is 5.69 Å². The Morgan fingerprint density at radius 1 is 1.30 bits per heavy atom. The lowest BCUT2D eigenvalue weighted by Gasteiger charge is -2.31. The Morgan fingerprint density at radius 2 is 2.09 bits per heavy atom. The minimum Gasteiger partial charge on any atom is -0.497 e. The van der Waals surface area contributed by atoms with Crippen LogP contribution in [0.4, 0.5) is 11.4 Å². The van der Waals surface area contributed by atoms with Gasteiger partial charge in [0.1, 0.15) is 5.75 Å². The second kappa shape index (κ2) is 9.78. The molecule has 2 heterocycles. The molecule has 1 fully saturated rings. The van der Waals surface area contributed by atoms with Crippen molar-refractivity contribution in [3.63, 3.8) is 0 Å². The van der Waals surface area contributed by atoms with Gasteiger partial charge in [-0.2, -0.15) is 4.98 Å². The van der Waals surface area contributed by atoms with Crippen LogP contribution >= 0.6 is 0 Å². The highest BCUT2D eigenvalue weighted by atomic mass is 16.6. The van der Waals surface area contributed by atoms with Crippen molar-refractivity contribution in [3.8, 4) is 17.1 Å². The Morgan fingerprint density at radius 3 is 2.82 bits per heavy atom. The van der Waals surface area contributed by atoms with E-state index < -0.39 is 4.92 Å². The number of anilines is 1. The van der Waals surface area contributed by atoms with Crippen LogP contribution in [-0.2, 0) is 11.3 Å². The Labute approximate surface area is 190 Å². The number of hydrogen-bond acceptors (Lipinski definition) is 8. The number of amides is 1. The van der Waals surface area contributed by atoms with Crippen molar-refractivity contribution in [1.82, 2.24) is 15.0 Å². The second-order valence-electron chi connectivity index (χ2n) is 8.06. The van der Waals surface area contributed by atoms with Crippen LogP contribution in [0, 0.1) is 23.0 Å². The summed E-state index contributed by atoms with van der Waals surface area (Å²) in [6, 6.07) is 11.9. The molecule has 4 rings (SSSR count). The summed E-state index contributed by atoms with van der Waals surface area (Å²) in [5, 5.41) is 18.0. The Hall–Kier alpha value is -3.79. The lowest BCUT2D eigenvalue weighted by molar-refractivity contribution is -0.384. The van der Waals surface area contributed by atoms with Gasteiger partial charge in [-0.05, 0) is 56.1 Å². The molecule has 1 N–H and O–H groups in total. The van der Waals surface area contributed by atoms with Crippen molar-refractivity contribution in [3.05, 3.63) is 64.0 Å². The number of nitrogens with zero attached hydrogens (tertiary/aromatic N) is 4. The normalized spacial score (nSPS) is 16.4. The van der Waals surface area contributed by atoms with Crippen LogP contribution in [0.25, 0.3) is 11.4 Å². The number of piperidine rings is 1. The van der Waals surface area contributed by atoms with Gasteiger partial charge in [0.15, 0.2) is 0 Å². The van der Waals surface area contributed by atoms with Crippen LogP contribution in [0.5, 0.6) is 5.75 Å². The van der Waals surface area contributed by atoms with E-state index in [9.17, 15) is 14.9 Å². The van der Waals surface area contributed by atoms with Crippen molar-refractivity contribution in [2.75, 3.05) is 25.5 Å². The molecule has 3 aromatic rings. The zero-order chi connectivity index (χ0) is 23.4. The third kappa shape index (κ3) is 5.35. The maximum absolute atomic E-state index is 12.9. The lowest BCUT2D eigenvalue weighted by atomic mass is 9.97. The van der Waals surface area contributed by atoms with E-state index >= 15 is 0 Å². The smallest absolute Gasteiger partial charge is 0.271 e. The van der Waals surface area contributed by atoms with E-state index in [1.807, 2.05) is 31.2 Å². The summed E-state index contributed by atoms with van der Waals surface area (Å²) in [6.45, 7) is 3.62. The average Bonchev–Trinajstić information content (AvgIpc) is 3.29. The molecule has 10 heteroatoms. The number of carbonyl (C=O) groups excluding carboxylic acids is 1. The van der Waals surface area contributed by atoms with Gasteiger partial charge in [0.05, 0.1) is 30.2 Å². The first-order valence-electron chi connectivity index (χ1n) is 10.7. The van der Waals surface area contributed by atoms with Gasteiger partial charge < -0.3 is 14.6 Å². The van der Waals surface area contributed by atoms with E-state index in [4.69, 9.17) is 9.26 Å². The number of aromatic nitrogens is 2. The third-order valence-electron chi connectivity index (χ3n) is 5.74. The number of non-ortho nitro benzene ring substituents is 1. The minimum atomic E-state index is -0.470. The number of methoxy groups -OCH3 is 1. The highest BCUT2D eigenvalue weighted by Crippen LogP contribution is 2.25. The van der Waals surface area contributed by atoms with Crippen LogP contribution in [0.2, 0.25) is 0 Å². The fraction of sp³-hybridized carbons (Fsp3) is 0.348. The van der Waals surface area contributed by atoms with Crippen LogP contribution < -0.4 is 10.1 Å². The zero-order valence-electron chi connectivity index (χ0n) is 18.5. The first-order chi connectivity index (χ1) is 15.9. The summed E-state index contributed by atoms with van der Waals surface area (Å²) < 4.78 is 10.6. The van der Waals surface area contributed by atoms with E-state index in [2.05, 4.69) is 20.4 Å². The lowest BCUT2D eigenvalue weighted by Crippen LogP contribution is -2.40. The molecule has 172 valence electrons. The highest BCUT2D eigenvalue weighted by Gasteiger charge is 2.27. The fourth-order valence-corrected chi connectivity index (χ4v) is 3.87. The average molecular weight is 451 g/mol. The van der Waals surface area contributed by atoms with E-state index in [1.54, 1.807) is 13.2 Å². The van der Waals surface area contributed by atoms with Crippen molar-refractivity contribution < 1.29 is 19.0 Å². The molecule has 1 amide bonds. The molecule has 1 atom stereocenters. The molecule has 1 aliphatic heterocycles. The van der Waals surface area contributed by atoms with E-state index in [0.717, 1.165) is 36.3 Å². The van der Waals surface area contributed by atoms with Gasteiger partial charge in [0.2, 0.25) is 17.6 Å². The topological polar surface area (TPSA) is 124 Å². The summed E-state index contributed by atoms with van der Waals surface area (Å²) in [5.74, 6) is 1.35. The van der Waals surface area contributed by atoms with Crippen molar-refractivity contribution in [1.29, 1.82) is 0 Å². The molecule has 1 aliphatic rings. The van der Waals surface area contributed by atoms with Gasteiger partial charge >= 0.3 is 0 Å². The molecule has 0 saturated carbocycles. The molecular weight excluding hydrogens is 426 g/mol. The van der Waals surface area contributed by atoms with Gasteiger partial charge in [-0.3, -0.25) is 19.8 Å². The summed E-state index contributed by atoms with van der Waals surface area (Å²) in [5.41, 5.74) is 2.02. The molecule has 2 aromatic carbocycles. The molecule has 0 radical (unpaired) electrons. The van der Waals surface area contributed by atoms with E-state index in [-0.39, 0.29) is 17.5 Å².